The van der Waals surface area contributed by atoms with Crippen molar-refractivity contribution in [1.29, 1.82) is 0 Å². The van der Waals surface area contributed by atoms with Gasteiger partial charge in [-0.2, -0.15) is 0 Å². The van der Waals surface area contributed by atoms with E-state index in [0.717, 1.165) is 29.2 Å². The van der Waals surface area contributed by atoms with Gasteiger partial charge in [-0.25, -0.2) is 4.39 Å². The number of amides is 1. The Morgan fingerprint density at radius 2 is 1.89 bits per heavy atom. The number of halogens is 2. The van der Waals surface area contributed by atoms with Crippen LogP contribution in [0.15, 0.2) is 54.6 Å². The SMILES string of the molecule is CCC1(N)CC1c1ccc(-c2ccc3ccccc3c2NC(C)=O)c(F)c1.Cl. The minimum absolute atomic E-state index is 0. The molecule has 5 heteroatoms. The van der Waals surface area contributed by atoms with E-state index in [9.17, 15) is 4.79 Å². The third-order valence-corrected chi connectivity index (χ3v) is 5.69. The molecule has 0 saturated heterocycles. The van der Waals surface area contributed by atoms with Crippen LogP contribution in [-0.2, 0) is 4.79 Å². The summed E-state index contributed by atoms with van der Waals surface area (Å²) in [6.45, 7) is 3.53. The number of rotatable bonds is 4. The smallest absolute Gasteiger partial charge is 0.221 e. The fourth-order valence-electron chi connectivity index (χ4n) is 3.93. The van der Waals surface area contributed by atoms with E-state index in [1.54, 1.807) is 12.1 Å². The Bertz CT molecular complexity index is 1050. The van der Waals surface area contributed by atoms with Crippen LogP contribution in [0, 0.1) is 5.82 Å². The summed E-state index contributed by atoms with van der Waals surface area (Å²) in [5.41, 5.74) is 8.84. The zero-order valence-corrected chi connectivity index (χ0v) is 16.8. The molecule has 1 aliphatic rings. The molecule has 1 amide bonds. The van der Waals surface area contributed by atoms with Gasteiger partial charge in [0.05, 0.1) is 5.69 Å². The highest BCUT2D eigenvalue weighted by atomic mass is 35.5. The minimum atomic E-state index is -0.292. The fourth-order valence-corrected chi connectivity index (χ4v) is 3.93. The van der Waals surface area contributed by atoms with Gasteiger partial charge in [-0.15, -0.1) is 12.4 Å². The van der Waals surface area contributed by atoms with Gasteiger partial charge in [0.1, 0.15) is 5.82 Å². The van der Waals surface area contributed by atoms with Crippen LogP contribution in [0.4, 0.5) is 10.1 Å². The molecule has 4 rings (SSSR count). The molecule has 146 valence electrons. The van der Waals surface area contributed by atoms with Gasteiger partial charge in [0.15, 0.2) is 0 Å². The number of carbonyl (C=O) groups is 1. The number of hydrogen-bond acceptors (Lipinski definition) is 2. The first-order chi connectivity index (χ1) is 12.9. The molecular weight excluding hydrogens is 375 g/mol. The lowest BCUT2D eigenvalue weighted by Crippen LogP contribution is -2.22. The van der Waals surface area contributed by atoms with Crippen molar-refractivity contribution < 1.29 is 9.18 Å². The van der Waals surface area contributed by atoms with E-state index >= 15 is 4.39 Å². The maximum Gasteiger partial charge on any atom is 0.221 e. The van der Waals surface area contributed by atoms with Crippen molar-refractivity contribution in [3.8, 4) is 11.1 Å². The lowest BCUT2D eigenvalue weighted by Gasteiger charge is -2.15. The number of carbonyl (C=O) groups excluding carboxylic acids is 1. The topological polar surface area (TPSA) is 55.1 Å². The second-order valence-corrected chi connectivity index (χ2v) is 7.47. The summed E-state index contributed by atoms with van der Waals surface area (Å²) in [6.07, 6.45) is 1.79. The van der Waals surface area contributed by atoms with Crippen LogP contribution < -0.4 is 11.1 Å². The Hall–Kier alpha value is -2.43. The second kappa shape index (κ2) is 7.53. The van der Waals surface area contributed by atoms with Crippen LogP contribution in [0.25, 0.3) is 21.9 Å². The summed E-state index contributed by atoms with van der Waals surface area (Å²) in [5, 5.41) is 4.78. The highest BCUT2D eigenvalue weighted by molar-refractivity contribution is 6.07. The predicted molar refractivity (Wildman–Crippen MR) is 115 cm³/mol. The number of hydrogen-bond donors (Lipinski definition) is 2. The standard InChI is InChI=1S/C23H23FN2O.ClH/c1-3-23(25)13-20(23)16-9-10-18(21(24)12-16)19-11-8-15-6-4-5-7-17(15)22(19)26-14(2)27;/h4-12,20H,3,13,25H2,1-2H3,(H,26,27);1H. The number of anilines is 1. The molecule has 1 saturated carbocycles. The summed E-state index contributed by atoms with van der Waals surface area (Å²) in [4.78, 5) is 11.8. The number of benzene rings is 3. The van der Waals surface area contributed by atoms with Gasteiger partial charge < -0.3 is 11.1 Å². The summed E-state index contributed by atoms with van der Waals surface area (Å²) in [5.74, 6) is -0.254. The van der Waals surface area contributed by atoms with Crippen LogP contribution in [0.1, 0.15) is 38.2 Å². The molecule has 3 aromatic rings. The molecular formula is C23H24ClFN2O. The van der Waals surface area contributed by atoms with Gasteiger partial charge in [-0.1, -0.05) is 55.5 Å². The van der Waals surface area contributed by atoms with Gasteiger partial charge in [0.25, 0.3) is 0 Å². The van der Waals surface area contributed by atoms with E-state index in [1.165, 1.54) is 6.92 Å². The van der Waals surface area contributed by atoms with Crippen molar-refractivity contribution in [2.45, 2.75) is 38.1 Å². The molecule has 1 aliphatic carbocycles. The molecule has 3 aromatic carbocycles. The first kappa shape index (κ1) is 20.3. The van der Waals surface area contributed by atoms with Gasteiger partial charge in [0, 0.05) is 34.9 Å². The maximum absolute atomic E-state index is 15.0. The predicted octanol–water partition coefficient (Wildman–Crippen LogP) is 5.62. The molecule has 0 aliphatic heterocycles. The molecule has 0 bridgehead atoms. The molecule has 0 aromatic heterocycles. The number of nitrogens with two attached hydrogens (primary N) is 1. The quantitative estimate of drug-likeness (QED) is 0.599. The highest BCUT2D eigenvalue weighted by Gasteiger charge is 2.50. The molecule has 1 fully saturated rings. The van der Waals surface area contributed by atoms with Crippen LogP contribution in [0.3, 0.4) is 0 Å². The zero-order chi connectivity index (χ0) is 19.2. The Kier molecular flexibility index (Phi) is 5.46. The van der Waals surface area contributed by atoms with Gasteiger partial charge in [-0.3, -0.25) is 4.79 Å². The molecule has 0 radical (unpaired) electrons. The van der Waals surface area contributed by atoms with Gasteiger partial charge >= 0.3 is 0 Å². The van der Waals surface area contributed by atoms with Gasteiger partial charge in [0.2, 0.25) is 5.91 Å². The molecule has 2 unspecified atom stereocenters. The molecule has 3 N–H and O–H groups in total. The van der Waals surface area contributed by atoms with Crippen LogP contribution >= 0.6 is 12.4 Å². The Labute approximate surface area is 170 Å². The van der Waals surface area contributed by atoms with Crippen molar-refractivity contribution in [3.05, 3.63) is 66.0 Å². The third kappa shape index (κ3) is 3.50. The van der Waals surface area contributed by atoms with Crippen molar-refractivity contribution in [1.82, 2.24) is 0 Å². The number of nitrogens with one attached hydrogen (secondary N) is 1. The second-order valence-electron chi connectivity index (χ2n) is 7.47. The summed E-state index contributed by atoms with van der Waals surface area (Å²) in [7, 11) is 0. The lowest BCUT2D eigenvalue weighted by molar-refractivity contribution is -0.114. The maximum atomic E-state index is 15.0. The van der Waals surface area contributed by atoms with Crippen LogP contribution in [-0.4, -0.2) is 11.4 Å². The average Bonchev–Trinajstić information content (AvgIpc) is 3.34. The molecule has 0 spiro atoms. The fraction of sp³-hybridized carbons (Fsp3) is 0.261. The highest BCUT2D eigenvalue weighted by Crippen LogP contribution is 2.52. The van der Waals surface area contributed by atoms with Crippen LogP contribution in [0.2, 0.25) is 0 Å². The first-order valence-electron chi connectivity index (χ1n) is 9.31. The summed E-state index contributed by atoms with van der Waals surface area (Å²) >= 11 is 0. The Morgan fingerprint density at radius 3 is 2.54 bits per heavy atom. The van der Waals surface area contributed by atoms with Crippen molar-refractivity contribution in [2.24, 2.45) is 5.73 Å². The van der Waals surface area contributed by atoms with E-state index in [2.05, 4.69) is 12.2 Å². The van der Waals surface area contributed by atoms with Gasteiger partial charge in [-0.05, 0) is 29.9 Å². The summed E-state index contributed by atoms with van der Waals surface area (Å²) < 4.78 is 15.0. The zero-order valence-electron chi connectivity index (χ0n) is 16.0. The first-order valence-corrected chi connectivity index (χ1v) is 9.31. The number of fused-ring (bicyclic) bond motifs is 1. The van der Waals surface area contributed by atoms with Crippen molar-refractivity contribution in [3.63, 3.8) is 0 Å². The molecule has 0 heterocycles. The summed E-state index contributed by atoms with van der Waals surface area (Å²) in [6, 6.07) is 16.9. The normalized spacial score (nSPS) is 20.5. The lowest BCUT2D eigenvalue weighted by atomic mass is 9.95. The van der Waals surface area contributed by atoms with E-state index in [-0.39, 0.29) is 35.6 Å². The monoisotopic (exact) mass is 398 g/mol. The average molecular weight is 399 g/mol. The van der Waals surface area contributed by atoms with Crippen LogP contribution in [0.5, 0.6) is 0 Å². The van der Waals surface area contributed by atoms with E-state index in [1.807, 2.05) is 42.5 Å². The van der Waals surface area contributed by atoms with Crippen molar-refractivity contribution >= 4 is 34.8 Å². The Balaban J connectivity index is 0.00000225. The van der Waals surface area contributed by atoms with E-state index in [4.69, 9.17) is 5.73 Å². The molecule has 28 heavy (non-hydrogen) atoms. The van der Waals surface area contributed by atoms with E-state index < -0.39 is 0 Å². The molecule has 3 nitrogen and oxygen atoms in total. The minimum Gasteiger partial charge on any atom is -0.325 e. The largest absolute Gasteiger partial charge is 0.325 e. The Morgan fingerprint density at radius 1 is 1.18 bits per heavy atom. The molecule has 2 atom stereocenters. The van der Waals surface area contributed by atoms with E-state index in [0.29, 0.717) is 16.8 Å². The third-order valence-electron chi connectivity index (χ3n) is 5.69. The van der Waals surface area contributed by atoms with Crippen molar-refractivity contribution in [2.75, 3.05) is 5.32 Å².